The Bertz CT molecular complexity index is 118. The maximum Gasteiger partial charge on any atom is 0.106 e. The van der Waals surface area contributed by atoms with Crippen molar-refractivity contribution in [2.75, 3.05) is 7.11 Å². The lowest BCUT2D eigenvalue weighted by Crippen LogP contribution is -1.71. The van der Waals surface area contributed by atoms with E-state index in [4.69, 9.17) is 0 Å². The van der Waals surface area contributed by atoms with Gasteiger partial charge in [-0.3, -0.25) is 0 Å². The van der Waals surface area contributed by atoms with Crippen LogP contribution in [0.2, 0.25) is 0 Å². The van der Waals surface area contributed by atoms with E-state index in [9.17, 15) is 0 Å². The number of hydrogen-bond donors (Lipinski definition) is 0. The van der Waals surface area contributed by atoms with Crippen LogP contribution in [0.5, 0.6) is 0 Å². The van der Waals surface area contributed by atoms with E-state index >= 15 is 0 Å². The molecule has 0 atom stereocenters. The van der Waals surface area contributed by atoms with Crippen molar-refractivity contribution >= 4 is 6.21 Å². The zero-order valence-corrected chi connectivity index (χ0v) is 5.14. The highest BCUT2D eigenvalue weighted by molar-refractivity contribution is 5.59. The highest BCUT2D eigenvalue weighted by Gasteiger charge is 1.65. The van der Waals surface area contributed by atoms with Crippen molar-refractivity contribution in [3.63, 3.8) is 0 Å². The van der Waals surface area contributed by atoms with E-state index in [1.54, 1.807) is 13.1 Å². The van der Waals surface area contributed by atoms with Gasteiger partial charge in [0.15, 0.2) is 0 Å². The summed E-state index contributed by atoms with van der Waals surface area (Å²) in [5, 5.41) is 3.48. The van der Waals surface area contributed by atoms with Crippen molar-refractivity contribution in [2.45, 2.75) is 13.3 Å². The summed E-state index contributed by atoms with van der Waals surface area (Å²) in [5.41, 5.74) is 0. The van der Waals surface area contributed by atoms with Gasteiger partial charge in [-0.1, -0.05) is 11.1 Å². The topological polar surface area (TPSA) is 21.6 Å². The summed E-state index contributed by atoms with van der Waals surface area (Å²) in [6.45, 7) is 1.79. The second-order valence-corrected chi connectivity index (χ2v) is 1.10. The van der Waals surface area contributed by atoms with E-state index in [2.05, 4.69) is 21.8 Å². The lowest BCUT2D eigenvalue weighted by molar-refractivity contribution is 0.215. The fourth-order valence-electron chi connectivity index (χ4n) is 0.260. The second kappa shape index (κ2) is 6.03. The highest BCUT2D eigenvalue weighted by atomic mass is 16.6. The standard InChI is InChI=1S/C6H9NO/c1-3-4-5-6-7-8-2/h6H,5H2,1-2H3. The molecule has 0 radical (unpaired) electrons. The normalized spacial score (nSPS) is 8.25. The molecule has 0 N–H and O–H groups in total. The minimum absolute atomic E-state index is 0.671. The van der Waals surface area contributed by atoms with Gasteiger partial charge in [-0.05, 0) is 6.92 Å². The van der Waals surface area contributed by atoms with Crippen molar-refractivity contribution in [3.8, 4) is 11.8 Å². The molecule has 0 aromatic rings. The van der Waals surface area contributed by atoms with Gasteiger partial charge in [-0.2, -0.15) is 0 Å². The molecule has 44 valence electrons. The summed E-state index contributed by atoms with van der Waals surface area (Å²) >= 11 is 0. The molecule has 0 aromatic carbocycles. The van der Waals surface area contributed by atoms with E-state index in [1.165, 1.54) is 7.11 Å². The maximum atomic E-state index is 4.39. The molecular formula is C6H9NO. The van der Waals surface area contributed by atoms with Gasteiger partial charge in [0.05, 0.1) is 6.21 Å². The summed E-state index contributed by atoms with van der Waals surface area (Å²) in [6.07, 6.45) is 2.29. The van der Waals surface area contributed by atoms with Gasteiger partial charge in [-0.15, -0.1) is 5.92 Å². The smallest absolute Gasteiger partial charge is 0.106 e. The molecule has 0 aliphatic carbocycles. The zero-order chi connectivity index (χ0) is 6.24. The summed E-state index contributed by atoms with van der Waals surface area (Å²) in [6, 6.07) is 0. The molecule has 0 heterocycles. The summed E-state index contributed by atoms with van der Waals surface area (Å²) in [7, 11) is 1.51. The van der Waals surface area contributed by atoms with Crippen molar-refractivity contribution < 1.29 is 4.84 Å². The Hall–Kier alpha value is -0.970. The Balaban J connectivity index is 3.12. The summed E-state index contributed by atoms with van der Waals surface area (Å²) < 4.78 is 0. The third-order valence-electron chi connectivity index (χ3n) is 0.550. The average molecular weight is 111 g/mol. The molecular weight excluding hydrogens is 102 g/mol. The largest absolute Gasteiger partial charge is 0.399 e. The van der Waals surface area contributed by atoms with Crippen LogP contribution in [0.25, 0.3) is 0 Å². The first-order valence-corrected chi connectivity index (χ1v) is 2.36. The van der Waals surface area contributed by atoms with Crippen LogP contribution in [0.15, 0.2) is 5.16 Å². The van der Waals surface area contributed by atoms with Crippen LogP contribution >= 0.6 is 0 Å². The Morgan fingerprint density at radius 1 is 1.75 bits per heavy atom. The minimum Gasteiger partial charge on any atom is -0.399 e. The molecule has 2 heteroatoms. The van der Waals surface area contributed by atoms with Crippen molar-refractivity contribution in [1.82, 2.24) is 0 Å². The summed E-state index contributed by atoms with van der Waals surface area (Å²) in [5.74, 6) is 5.53. The monoisotopic (exact) mass is 111 g/mol. The molecule has 0 saturated heterocycles. The molecule has 0 aromatic heterocycles. The highest BCUT2D eigenvalue weighted by Crippen LogP contribution is 1.69. The van der Waals surface area contributed by atoms with E-state index in [1.807, 2.05) is 0 Å². The van der Waals surface area contributed by atoms with Crippen LogP contribution in [0.1, 0.15) is 13.3 Å². The SMILES string of the molecule is CC#CCC=NOC. The first-order chi connectivity index (χ1) is 3.91. The van der Waals surface area contributed by atoms with Crippen LogP contribution in [-0.2, 0) is 4.84 Å². The predicted octanol–water partition coefficient (Wildman–Crippen LogP) is 1.03. The number of rotatable bonds is 2. The molecule has 0 saturated carbocycles. The van der Waals surface area contributed by atoms with Gasteiger partial charge in [0.2, 0.25) is 0 Å². The van der Waals surface area contributed by atoms with E-state index in [0.29, 0.717) is 6.42 Å². The molecule has 0 aliphatic rings. The van der Waals surface area contributed by atoms with Gasteiger partial charge < -0.3 is 4.84 Å². The third kappa shape index (κ3) is 5.03. The molecule has 0 aliphatic heterocycles. The number of oxime groups is 1. The fraction of sp³-hybridized carbons (Fsp3) is 0.500. The van der Waals surface area contributed by atoms with Gasteiger partial charge >= 0.3 is 0 Å². The minimum atomic E-state index is 0.671. The van der Waals surface area contributed by atoms with E-state index in [-0.39, 0.29) is 0 Å². The van der Waals surface area contributed by atoms with Crippen molar-refractivity contribution in [3.05, 3.63) is 0 Å². The molecule has 2 nitrogen and oxygen atoms in total. The molecule has 0 rings (SSSR count). The molecule has 0 bridgehead atoms. The van der Waals surface area contributed by atoms with Gasteiger partial charge in [-0.25, -0.2) is 0 Å². The van der Waals surface area contributed by atoms with E-state index in [0.717, 1.165) is 0 Å². The number of nitrogens with zero attached hydrogens (tertiary/aromatic N) is 1. The lowest BCUT2D eigenvalue weighted by Gasteiger charge is -1.79. The lowest BCUT2D eigenvalue weighted by atomic mass is 10.5. The molecule has 8 heavy (non-hydrogen) atoms. The van der Waals surface area contributed by atoms with Crippen molar-refractivity contribution in [1.29, 1.82) is 0 Å². The number of hydrogen-bond acceptors (Lipinski definition) is 2. The quantitative estimate of drug-likeness (QED) is 0.296. The van der Waals surface area contributed by atoms with E-state index < -0.39 is 0 Å². The Morgan fingerprint density at radius 3 is 3.00 bits per heavy atom. The van der Waals surface area contributed by atoms with Crippen LogP contribution in [0, 0.1) is 11.8 Å². The Kier molecular flexibility index (Phi) is 5.30. The Labute approximate surface area is 49.5 Å². The fourth-order valence-corrected chi connectivity index (χ4v) is 0.260. The molecule has 0 spiro atoms. The van der Waals surface area contributed by atoms with Crippen LogP contribution in [-0.4, -0.2) is 13.3 Å². The van der Waals surface area contributed by atoms with Gasteiger partial charge in [0.1, 0.15) is 7.11 Å². The average Bonchev–Trinajstić information content (AvgIpc) is 1.81. The second-order valence-electron chi connectivity index (χ2n) is 1.10. The van der Waals surface area contributed by atoms with Gasteiger partial charge in [0, 0.05) is 6.42 Å². The summed E-state index contributed by atoms with van der Waals surface area (Å²) in [4.78, 5) is 4.39. The molecule has 0 amide bonds. The predicted molar refractivity (Wildman–Crippen MR) is 33.6 cm³/mol. The van der Waals surface area contributed by atoms with Crippen molar-refractivity contribution in [2.24, 2.45) is 5.16 Å². The van der Waals surface area contributed by atoms with Crippen LogP contribution < -0.4 is 0 Å². The maximum absolute atomic E-state index is 4.39. The zero-order valence-electron chi connectivity index (χ0n) is 5.14. The Morgan fingerprint density at radius 2 is 2.50 bits per heavy atom. The van der Waals surface area contributed by atoms with Gasteiger partial charge in [0.25, 0.3) is 0 Å². The first kappa shape index (κ1) is 7.03. The van der Waals surface area contributed by atoms with Crippen LogP contribution in [0.3, 0.4) is 0 Å². The molecule has 0 fully saturated rings. The van der Waals surface area contributed by atoms with Crippen LogP contribution in [0.4, 0.5) is 0 Å². The molecule has 0 unspecified atom stereocenters. The third-order valence-corrected chi connectivity index (χ3v) is 0.550. The first-order valence-electron chi connectivity index (χ1n) is 2.36.